The number of allylic oxidation sites excluding steroid dienone is 2. The highest BCUT2D eigenvalue weighted by molar-refractivity contribution is 6.23. The zero-order valence-electron chi connectivity index (χ0n) is 18.9. The Balaban J connectivity index is 2.40. The molecule has 0 spiro atoms. The second-order valence-corrected chi connectivity index (χ2v) is 7.87. The molecule has 2 rings (SSSR count). The van der Waals surface area contributed by atoms with E-state index in [4.69, 9.17) is 4.84 Å². The molecule has 6 nitrogen and oxygen atoms in total. The minimum atomic E-state index is -4.96. The van der Waals surface area contributed by atoms with Crippen LogP contribution in [0.2, 0.25) is 0 Å². The molecule has 176 valence electrons. The van der Waals surface area contributed by atoms with Gasteiger partial charge in [0.05, 0.1) is 11.3 Å². The van der Waals surface area contributed by atoms with E-state index in [9.17, 15) is 27.9 Å². The van der Waals surface area contributed by atoms with Gasteiger partial charge in [0, 0.05) is 19.4 Å². The molecule has 1 aliphatic carbocycles. The van der Waals surface area contributed by atoms with Crippen LogP contribution in [0.25, 0.3) is 0 Å². The Morgan fingerprint density at radius 2 is 1.88 bits per heavy atom. The number of ketones is 1. The number of carbonyl (C=O) groups is 2. The third-order valence-electron chi connectivity index (χ3n) is 5.65. The molecule has 9 heteroatoms. The number of nitrogens with one attached hydrogen (secondary N) is 1. The summed E-state index contributed by atoms with van der Waals surface area (Å²) in [5.74, 6) is -2.67. The van der Waals surface area contributed by atoms with Gasteiger partial charge >= 0.3 is 12.1 Å². The molecule has 0 saturated carbocycles. The van der Waals surface area contributed by atoms with Crippen molar-refractivity contribution in [3.8, 4) is 0 Å². The van der Waals surface area contributed by atoms with E-state index in [2.05, 4.69) is 5.16 Å². The second kappa shape index (κ2) is 10.2. The zero-order chi connectivity index (χ0) is 24.2. The fourth-order valence-corrected chi connectivity index (χ4v) is 4.27. The smallest absolute Gasteiger partial charge is 0.471 e. The van der Waals surface area contributed by atoms with Crippen molar-refractivity contribution in [1.82, 2.24) is 5.32 Å². The predicted molar refractivity (Wildman–Crippen MR) is 115 cm³/mol. The van der Waals surface area contributed by atoms with E-state index in [1.165, 1.54) is 0 Å². The van der Waals surface area contributed by atoms with Crippen LogP contribution in [0.5, 0.6) is 0 Å². The maximum Gasteiger partial charge on any atom is 0.471 e. The minimum Gasteiger partial charge on any atom is -0.511 e. The fourth-order valence-electron chi connectivity index (χ4n) is 4.27. The summed E-state index contributed by atoms with van der Waals surface area (Å²) >= 11 is 0. The van der Waals surface area contributed by atoms with E-state index in [1.54, 1.807) is 20.8 Å². The standard InChI is InChI=1S/C23H29F3N2O4/c1-6-17(28-32-7-2)21-18(29)9-15(10-19(21)30)20-13(4)8-12(3)16(14(20)5)11-27-22(31)23(24,25)26/h8,15,29H,6-7,9-11H2,1-5H3,(H,27,31). The quantitative estimate of drug-likeness (QED) is 0.455. The molecular formula is C23H29F3N2O4. The number of rotatable bonds is 7. The number of carbonyl (C=O) groups excluding carboxylic acids is 2. The number of aliphatic hydroxyl groups excluding tert-OH is 1. The molecule has 1 atom stereocenters. The number of alkyl halides is 3. The van der Waals surface area contributed by atoms with Gasteiger partial charge in [-0.1, -0.05) is 18.1 Å². The van der Waals surface area contributed by atoms with Crippen molar-refractivity contribution in [2.45, 2.75) is 72.5 Å². The van der Waals surface area contributed by atoms with Crippen molar-refractivity contribution in [2.24, 2.45) is 5.16 Å². The van der Waals surface area contributed by atoms with Gasteiger partial charge in [0.25, 0.3) is 0 Å². The number of nitrogens with zero attached hydrogens (tertiary/aromatic N) is 1. The van der Waals surface area contributed by atoms with Crippen molar-refractivity contribution in [2.75, 3.05) is 6.61 Å². The van der Waals surface area contributed by atoms with E-state index in [0.29, 0.717) is 29.9 Å². The van der Waals surface area contributed by atoms with Gasteiger partial charge < -0.3 is 15.3 Å². The summed E-state index contributed by atoms with van der Waals surface area (Å²) in [6, 6.07) is 1.83. The highest BCUT2D eigenvalue weighted by atomic mass is 19.4. The van der Waals surface area contributed by atoms with Crippen LogP contribution >= 0.6 is 0 Å². The van der Waals surface area contributed by atoms with Crippen molar-refractivity contribution in [1.29, 1.82) is 0 Å². The molecule has 1 aliphatic rings. The molecule has 0 saturated heterocycles. The number of aryl methyl sites for hydroxylation is 2. The van der Waals surface area contributed by atoms with Crippen LogP contribution in [-0.2, 0) is 21.0 Å². The van der Waals surface area contributed by atoms with E-state index < -0.39 is 12.1 Å². The average Bonchev–Trinajstić information content (AvgIpc) is 2.68. The first-order valence-electron chi connectivity index (χ1n) is 10.5. The average molecular weight is 454 g/mol. The lowest BCUT2D eigenvalue weighted by Gasteiger charge is -2.28. The second-order valence-electron chi connectivity index (χ2n) is 7.87. The Morgan fingerprint density at radius 1 is 1.22 bits per heavy atom. The Kier molecular flexibility index (Phi) is 8.09. The molecule has 1 aromatic carbocycles. The van der Waals surface area contributed by atoms with Gasteiger partial charge in [-0.2, -0.15) is 13.2 Å². The monoisotopic (exact) mass is 454 g/mol. The number of halogens is 3. The molecular weight excluding hydrogens is 425 g/mol. The molecule has 0 heterocycles. The van der Waals surface area contributed by atoms with Crippen molar-refractivity contribution < 1.29 is 32.7 Å². The number of aliphatic hydroxyl groups is 1. The van der Waals surface area contributed by atoms with E-state index in [-0.39, 0.29) is 42.4 Å². The Morgan fingerprint density at radius 3 is 2.41 bits per heavy atom. The first-order chi connectivity index (χ1) is 14.9. The Bertz CT molecular complexity index is 965. The topological polar surface area (TPSA) is 88.0 Å². The number of Topliss-reactive ketones (excluding diaryl/α,β-unsaturated/α-hetero) is 1. The summed E-state index contributed by atoms with van der Waals surface area (Å²) in [5.41, 5.74) is 4.25. The van der Waals surface area contributed by atoms with Crippen LogP contribution < -0.4 is 5.32 Å². The lowest BCUT2D eigenvalue weighted by molar-refractivity contribution is -0.173. The lowest BCUT2D eigenvalue weighted by atomic mass is 9.76. The predicted octanol–water partition coefficient (Wildman–Crippen LogP) is 4.85. The van der Waals surface area contributed by atoms with Crippen molar-refractivity contribution in [3.63, 3.8) is 0 Å². The highest BCUT2D eigenvalue weighted by Crippen LogP contribution is 2.39. The molecule has 0 bridgehead atoms. The largest absolute Gasteiger partial charge is 0.511 e. The molecule has 0 radical (unpaired) electrons. The van der Waals surface area contributed by atoms with Crippen LogP contribution in [0.4, 0.5) is 13.2 Å². The maximum absolute atomic E-state index is 12.9. The summed E-state index contributed by atoms with van der Waals surface area (Å²) in [7, 11) is 0. The van der Waals surface area contributed by atoms with E-state index in [0.717, 1.165) is 16.7 Å². The van der Waals surface area contributed by atoms with Gasteiger partial charge in [-0.05, 0) is 67.9 Å². The van der Waals surface area contributed by atoms with Gasteiger partial charge in [-0.15, -0.1) is 0 Å². The molecule has 0 aliphatic heterocycles. The molecule has 1 unspecified atom stereocenters. The van der Waals surface area contributed by atoms with Crippen LogP contribution in [0.1, 0.15) is 66.8 Å². The van der Waals surface area contributed by atoms with Gasteiger partial charge in [0.1, 0.15) is 12.4 Å². The molecule has 0 fully saturated rings. The summed E-state index contributed by atoms with van der Waals surface area (Å²) in [4.78, 5) is 29.2. The summed E-state index contributed by atoms with van der Waals surface area (Å²) in [6.45, 7) is 9.02. The Hall–Kier alpha value is -2.84. The fraction of sp³-hybridized carbons (Fsp3) is 0.522. The first kappa shape index (κ1) is 25.4. The number of amides is 1. The van der Waals surface area contributed by atoms with Gasteiger partial charge in [-0.25, -0.2) is 0 Å². The van der Waals surface area contributed by atoms with Crippen LogP contribution in [-0.4, -0.2) is 35.3 Å². The SMILES string of the molecule is CCON=C(CC)C1=C(O)CC(c2c(C)cc(C)c(CNC(=O)C(F)(F)F)c2C)CC1=O. The Labute approximate surface area is 185 Å². The van der Waals surface area contributed by atoms with Gasteiger partial charge in [0.15, 0.2) is 5.78 Å². The van der Waals surface area contributed by atoms with Crippen LogP contribution in [0.3, 0.4) is 0 Å². The molecule has 1 aromatic rings. The summed E-state index contributed by atoms with van der Waals surface area (Å²) in [5, 5.41) is 16.6. The maximum atomic E-state index is 12.9. The third kappa shape index (κ3) is 5.49. The van der Waals surface area contributed by atoms with E-state index in [1.807, 2.05) is 25.2 Å². The van der Waals surface area contributed by atoms with Crippen molar-refractivity contribution in [3.05, 3.63) is 45.2 Å². The zero-order valence-corrected chi connectivity index (χ0v) is 18.9. The summed E-state index contributed by atoms with van der Waals surface area (Å²) in [6.07, 6.45) is -4.21. The summed E-state index contributed by atoms with van der Waals surface area (Å²) < 4.78 is 37.7. The molecule has 2 N–H and O–H groups in total. The van der Waals surface area contributed by atoms with E-state index >= 15 is 0 Å². The third-order valence-corrected chi connectivity index (χ3v) is 5.65. The number of hydrogen-bond acceptors (Lipinski definition) is 5. The van der Waals surface area contributed by atoms with Crippen molar-refractivity contribution >= 4 is 17.4 Å². The number of hydrogen-bond donors (Lipinski definition) is 2. The minimum absolute atomic E-state index is 0.0714. The van der Waals surface area contributed by atoms with Gasteiger partial charge in [-0.3, -0.25) is 9.59 Å². The molecule has 32 heavy (non-hydrogen) atoms. The van der Waals surface area contributed by atoms with Crippen LogP contribution in [0, 0.1) is 20.8 Å². The van der Waals surface area contributed by atoms with Crippen LogP contribution in [0.15, 0.2) is 22.6 Å². The number of oxime groups is 1. The van der Waals surface area contributed by atoms with Gasteiger partial charge in [0.2, 0.25) is 0 Å². The first-order valence-corrected chi connectivity index (χ1v) is 10.5. The normalized spacial score (nSPS) is 17.6. The highest BCUT2D eigenvalue weighted by Gasteiger charge is 2.38. The molecule has 1 amide bonds. The number of benzene rings is 1. The molecule has 0 aromatic heterocycles. The lowest BCUT2D eigenvalue weighted by Crippen LogP contribution is -2.36.